The second kappa shape index (κ2) is 5.38. The predicted molar refractivity (Wildman–Crippen MR) is 79.7 cm³/mol. The summed E-state index contributed by atoms with van der Waals surface area (Å²) in [6.45, 7) is 0. The fourth-order valence-electron chi connectivity index (χ4n) is 1.48. The number of amides is 1. The minimum absolute atomic E-state index is 0.303. The highest BCUT2D eigenvalue weighted by molar-refractivity contribution is 6.34. The lowest BCUT2D eigenvalue weighted by molar-refractivity contribution is 0.102. The molecule has 2 rings (SSSR count). The van der Waals surface area contributed by atoms with Gasteiger partial charge in [-0.2, -0.15) is 0 Å². The molecular weight excluding hydrogens is 285 g/mol. The molecule has 2 aromatic carbocycles. The summed E-state index contributed by atoms with van der Waals surface area (Å²) < 4.78 is 0. The maximum atomic E-state index is 12.0. The third kappa shape index (κ3) is 3.10. The zero-order valence-corrected chi connectivity index (χ0v) is 11.3. The molecule has 0 aliphatic carbocycles. The van der Waals surface area contributed by atoms with Crippen LogP contribution in [0.25, 0.3) is 0 Å². The van der Waals surface area contributed by atoms with E-state index in [0.29, 0.717) is 32.7 Å². The summed E-state index contributed by atoms with van der Waals surface area (Å²) in [5.74, 6) is -0.303. The van der Waals surface area contributed by atoms with Gasteiger partial charge in [0.05, 0.1) is 21.4 Å². The fourth-order valence-corrected chi connectivity index (χ4v) is 1.84. The van der Waals surface area contributed by atoms with Crippen LogP contribution in [-0.4, -0.2) is 5.91 Å². The quantitative estimate of drug-likeness (QED) is 0.743. The van der Waals surface area contributed by atoms with Crippen molar-refractivity contribution in [3.8, 4) is 0 Å². The topological polar surface area (TPSA) is 81.1 Å². The predicted octanol–water partition coefficient (Wildman–Crippen LogP) is 3.41. The van der Waals surface area contributed by atoms with Crippen molar-refractivity contribution in [1.82, 2.24) is 0 Å². The van der Waals surface area contributed by atoms with Gasteiger partial charge in [-0.3, -0.25) is 4.79 Å². The number of nitrogen functional groups attached to an aromatic ring is 2. The van der Waals surface area contributed by atoms with Gasteiger partial charge in [-0.05, 0) is 36.4 Å². The van der Waals surface area contributed by atoms with E-state index in [-0.39, 0.29) is 5.91 Å². The molecule has 0 fully saturated rings. The van der Waals surface area contributed by atoms with Crippen LogP contribution in [0.4, 0.5) is 17.1 Å². The maximum absolute atomic E-state index is 12.0. The van der Waals surface area contributed by atoms with Crippen molar-refractivity contribution in [3.63, 3.8) is 0 Å². The molecule has 4 nitrogen and oxygen atoms in total. The van der Waals surface area contributed by atoms with Crippen molar-refractivity contribution < 1.29 is 4.79 Å². The van der Waals surface area contributed by atoms with E-state index in [9.17, 15) is 4.79 Å². The van der Waals surface area contributed by atoms with Gasteiger partial charge in [0.25, 0.3) is 5.91 Å². The van der Waals surface area contributed by atoms with Crippen LogP contribution in [0.15, 0.2) is 36.4 Å². The van der Waals surface area contributed by atoms with E-state index >= 15 is 0 Å². The lowest BCUT2D eigenvalue weighted by Crippen LogP contribution is -2.12. The smallest absolute Gasteiger partial charge is 0.255 e. The first-order valence-electron chi connectivity index (χ1n) is 5.39. The Balaban J connectivity index is 2.20. The highest BCUT2D eigenvalue weighted by atomic mass is 35.5. The van der Waals surface area contributed by atoms with Crippen molar-refractivity contribution in [2.75, 3.05) is 16.8 Å². The van der Waals surface area contributed by atoms with Gasteiger partial charge in [0, 0.05) is 11.3 Å². The van der Waals surface area contributed by atoms with Crippen molar-refractivity contribution in [2.24, 2.45) is 0 Å². The molecule has 0 aliphatic heterocycles. The minimum atomic E-state index is -0.303. The Labute approximate surface area is 120 Å². The molecule has 0 radical (unpaired) electrons. The second-order valence-corrected chi connectivity index (χ2v) is 4.74. The van der Waals surface area contributed by atoms with E-state index in [2.05, 4.69) is 5.32 Å². The first-order chi connectivity index (χ1) is 8.97. The lowest BCUT2D eigenvalue weighted by Gasteiger charge is -2.07. The van der Waals surface area contributed by atoms with Gasteiger partial charge in [-0.1, -0.05) is 23.2 Å². The lowest BCUT2D eigenvalue weighted by atomic mass is 10.2. The monoisotopic (exact) mass is 295 g/mol. The van der Waals surface area contributed by atoms with Gasteiger partial charge in [0.2, 0.25) is 0 Å². The molecule has 0 aromatic heterocycles. The number of benzene rings is 2. The summed E-state index contributed by atoms with van der Waals surface area (Å²) in [5.41, 5.74) is 13.0. The first-order valence-corrected chi connectivity index (χ1v) is 6.14. The van der Waals surface area contributed by atoms with Crippen molar-refractivity contribution >= 4 is 46.2 Å². The van der Waals surface area contributed by atoms with E-state index in [0.717, 1.165) is 0 Å². The number of halogens is 2. The van der Waals surface area contributed by atoms with E-state index in [1.165, 1.54) is 6.07 Å². The summed E-state index contributed by atoms with van der Waals surface area (Å²) >= 11 is 11.7. The van der Waals surface area contributed by atoms with Crippen LogP contribution in [0.1, 0.15) is 10.4 Å². The largest absolute Gasteiger partial charge is 0.398 e. The number of nitrogens with one attached hydrogen (secondary N) is 1. The molecule has 0 saturated heterocycles. The molecule has 0 aliphatic rings. The number of carbonyl (C=O) groups is 1. The molecule has 0 spiro atoms. The highest BCUT2D eigenvalue weighted by Gasteiger charge is 2.08. The maximum Gasteiger partial charge on any atom is 0.255 e. The van der Waals surface area contributed by atoms with Crippen molar-refractivity contribution in [3.05, 3.63) is 52.0 Å². The molecule has 98 valence electrons. The van der Waals surface area contributed by atoms with E-state index in [4.69, 9.17) is 34.7 Å². The third-order valence-electron chi connectivity index (χ3n) is 2.52. The standard InChI is InChI=1S/C13H11Cl2N3O/c14-9-5-7(1-3-11(9)16)13(19)18-8-2-4-12(17)10(15)6-8/h1-6H,16-17H2,(H,18,19). The summed E-state index contributed by atoms with van der Waals surface area (Å²) in [6, 6.07) is 9.54. The van der Waals surface area contributed by atoms with Gasteiger partial charge in [-0.15, -0.1) is 0 Å². The van der Waals surface area contributed by atoms with Crippen molar-refractivity contribution in [1.29, 1.82) is 0 Å². The van der Waals surface area contributed by atoms with Crippen LogP contribution >= 0.6 is 23.2 Å². The van der Waals surface area contributed by atoms with Crippen LogP contribution < -0.4 is 16.8 Å². The molecule has 0 unspecified atom stereocenters. The van der Waals surface area contributed by atoms with E-state index in [1.807, 2.05) is 0 Å². The molecular formula is C13H11Cl2N3O. The van der Waals surface area contributed by atoms with Gasteiger partial charge in [-0.25, -0.2) is 0 Å². The molecule has 5 N–H and O–H groups in total. The van der Waals surface area contributed by atoms with Crippen LogP contribution in [-0.2, 0) is 0 Å². The zero-order valence-electron chi connectivity index (χ0n) is 9.78. The third-order valence-corrected chi connectivity index (χ3v) is 3.18. The number of carbonyl (C=O) groups excluding carboxylic acids is 1. The summed E-state index contributed by atoms with van der Waals surface area (Å²) in [6.07, 6.45) is 0. The molecule has 19 heavy (non-hydrogen) atoms. The average Bonchev–Trinajstić information content (AvgIpc) is 2.37. The zero-order chi connectivity index (χ0) is 14.0. The first kappa shape index (κ1) is 13.5. The molecule has 6 heteroatoms. The number of anilines is 3. The van der Waals surface area contributed by atoms with Gasteiger partial charge < -0.3 is 16.8 Å². The molecule has 0 bridgehead atoms. The Kier molecular flexibility index (Phi) is 3.83. The van der Waals surface area contributed by atoms with Crippen LogP contribution in [0, 0.1) is 0 Å². The van der Waals surface area contributed by atoms with Crippen LogP contribution in [0.2, 0.25) is 10.0 Å². The Morgan fingerprint density at radius 2 is 1.53 bits per heavy atom. The number of hydrogen-bond acceptors (Lipinski definition) is 3. The van der Waals surface area contributed by atoms with Crippen LogP contribution in [0.3, 0.4) is 0 Å². The van der Waals surface area contributed by atoms with E-state index in [1.54, 1.807) is 30.3 Å². The van der Waals surface area contributed by atoms with E-state index < -0.39 is 0 Å². The Morgan fingerprint density at radius 1 is 0.947 bits per heavy atom. The average molecular weight is 296 g/mol. The van der Waals surface area contributed by atoms with Gasteiger partial charge in [0.15, 0.2) is 0 Å². The summed E-state index contributed by atoms with van der Waals surface area (Å²) in [7, 11) is 0. The molecule has 1 amide bonds. The highest BCUT2D eigenvalue weighted by Crippen LogP contribution is 2.24. The van der Waals surface area contributed by atoms with Crippen molar-refractivity contribution in [2.45, 2.75) is 0 Å². The normalized spacial score (nSPS) is 10.2. The summed E-state index contributed by atoms with van der Waals surface area (Å²) in [5, 5.41) is 3.41. The SMILES string of the molecule is Nc1ccc(NC(=O)c2ccc(N)c(Cl)c2)cc1Cl. The Hall–Kier alpha value is -1.91. The molecule has 0 heterocycles. The van der Waals surface area contributed by atoms with Gasteiger partial charge >= 0.3 is 0 Å². The Bertz CT molecular complexity index is 644. The number of rotatable bonds is 2. The van der Waals surface area contributed by atoms with Crippen LogP contribution in [0.5, 0.6) is 0 Å². The number of nitrogens with two attached hydrogens (primary N) is 2. The number of hydrogen-bond donors (Lipinski definition) is 3. The molecule has 0 saturated carbocycles. The minimum Gasteiger partial charge on any atom is -0.398 e. The fraction of sp³-hybridized carbons (Fsp3) is 0. The summed E-state index contributed by atoms with van der Waals surface area (Å²) in [4.78, 5) is 12.0. The Morgan fingerprint density at radius 3 is 2.11 bits per heavy atom. The molecule has 0 atom stereocenters. The van der Waals surface area contributed by atoms with Gasteiger partial charge in [0.1, 0.15) is 0 Å². The second-order valence-electron chi connectivity index (χ2n) is 3.93. The molecule has 2 aromatic rings.